The van der Waals surface area contributed by atoms with Gasteiger partial charge >= 0.3 is 6.18 Å². The molecule has 0 bridgehead atoms. The number of benzene rings is 1. The topological polar surface area (TPSA) is 72.2 Å². The fourth-order valence-electron chi connectivity index (χ4n) is 2.58. The Labute approximate surface area is 160 Å². The van der Waals surface area contributed by atoms with E-state index in [1.807, 2.05) is 17.5 Å². The highest BCUT2D eigenvalue weighted by Crippen LogP contribution is 2.31. The Morgan fingerprint density at radius 2 is 1.89 bits per heavy atom. The van der Waals surface area contributed by atoms with Gasteiger partial charge in [-0.3, -0.25) is 4.79 Å². The Bertz CT molecular complexity index is 1120. The third kappa shape index (κ3) is 3.58. The molecule has 0 saturated heterocycles. The highest BCUT2D eigenvalue weighted by molar-refractivity contribution is 7.09. The first-order valence-corrected chi connectivity index (χ1v) is 9.01. The molecule has 0 unspecified atom stereocenters. The van der Waals surface area contributed by atoms with Gasteiger partial charge in [-0.15, -0.1) is 16.4 Å². The van der Waals surface area contributed by atoms with Gasteiger partial charge in [0.15, 0.2) is 5.69 Å². The number of amides is 1. The van der Waals surface area contributed by atoms with Crippen LogP contribution >= 0.6 is 11.3 Å². The van der Waals surface area contributed by atoms with Crippen molar-refractivity contribution in [1.82, 2.24) is 24.9 Å². The third-order valence-corrected chi connectivity index (χ3v) is 4.75. The second-order valence-corrected chi connectivity index (χ2v) is 6.83. The highest BCUT2D eigenvalue weighted by Gasteiger charge is 2.36. The van der Waals surface area contributed by atoms with Gasteiger partial charge in [-0.2, -0.15) is 22.7 Å². The quantitative estimate of drug-likeness (QED) is 0.563. The van der Waals surface area contributed by atoms with Gasteiger partial charge < -0.3 is 5.32 Å². The number of fused-ring (bicyclic) bond motifs is 1. The van der Waals surface area contributed by atoms with Gasteiger partial charge in [0.05, 0.1) is 12.2 Å². The molecule has 0 aliphatic rings. The van der Waals surface area contributed by atoms with Crippen molar-refractivity contribution in [2.75, 3.05) is 0 Å². The minimum absolute atomic E-state index is 0.0957. The molecule has 1 aromatic carbocycles. The molecule has 1 amide bonds. The Balaban J connectivity index is 1.74. The number of aromatic nitrogens is 4. The maximum atomic E-state index is 13.5. The van der Waals surface area contributed by atoms with E-state index in [9.17, 15) is 18.0 Å². The van der Waals surface area contributed by atoms with Gasteiger partial charge in [0.2, 0.25) is 5.82 Å². The van der Waals surface area contributed by atoms with Gasteiger partial charge in [0.25, 0.3) is 11.7 Å². The highest BCUT2D eigenvalue weighted by atomic mass is 32.1. The molecule has 4 aromatic rings. The molecule has 4 rings (SSSR count). The zero-order valence-corrected chi connectivity index (χ0v) is 15.0. The van der Waals surface area contributed by atoms with E-state index in [1.54, 1.807) is 30.3 Å². The molecule has 28 heavy (non-hydrogen) atoms. The number of hydrogen-bond acceptors (Lipinski definition) is 5. The van der Waals surface area contributed by atoms with E-state index in [0.717, 1.165) is 10.9 Å². The van der Waals surface area contributed by atoms with E-state index in [0.29, 0.717) is 10.1 Å². The van der Waals surface area contributed by atoms with Crippen LogP contribution in [0.3, 0.4) is 0 Å². The molecule has 0 fully saturated rings. The van der Waals surface area contributed by atoms with Gasteiger partial charge in [0.1, 0.15) is 0 Å². The lowest BCUT2D eigenvalue weighted by molar-refractivity contribution is -0.142. The standard InChI is InChI=1S/C18H12F3N5OS/c19-18(20,21)14-9-13(11-5-2-1-3-6-11)23-17-24-15(25-26(14)17)16(27)22-10-12-7-4-8-28-12/h1-9H,10H2,(H,22,27). The Kier molecular flexibility index (Phi) is 4.55. The summed E-state index contributed by atoms with van der Waals surface area (Å²) in [6.45, 7) is 0.237. The monoisotopic (exact) mass is 403 g/mol. The van der Waals surface area contributed by atoms with Crippen molar-refractivity contribution in [3.8, 4) is 11.3 Å². The largest absolute Gasteiger partial charge is 0.433 e. The summed E-state index contributed by atoms with van der Waals surface area (Å²) in [7, 11) is 0. The molecule has 0 saturated carbocycles. The molecule has 0 radical (unpaired) electrons. The second-order valence-electron chi connectivity index (χ2n) is 5.80. The van der Waals surface area contributed by atoms with E-state index in [2.05, 4.69) is 20.4 Å². The van der Waals surface area contributed by atoms with Gasteiger partial charge in [-0.05, 0) is 17.5 Å². The summed E-state index contributed by atoms with van der Waals surface area (Å²) < 4.78 is 41.2. The van der Waals surface area contributed by atoms with Crippen LogP contribution in [0.5, 0.6) is 0 Å². The smallest absolute Gasteiger partial charge is 0.344 e. The number of hydrogen-bond donors (Lipinski definition) is 1. The van der Waals surface area contributed by atoms with Crippen molar-refractivity contribution < 1.29 is 18.0 Å². The average molecular weight is 403 g/mol. The number of alkyl halides is 3. The minimum Gasteiger partial charge on any atom is -0.344 e. The van der Waals surface area contributed by atoms with Crippen molar-refractivity contribution >= 4 is 23.0 Å². The van der Waals surface area contributed by atoms with Crippen LogP contribution in [0.15, 0.2) is 53.9 Å². The van der Waals surface area contributed by atoms with Crippen LogP contribution in [0, 0.1) is 0 Å². The van der Waals surface area contributed by atoms with Crippen LogP contribution in [0.25, 0.3) is 17.0 Å². The van der Waals surface area contributed by atoms with Crippen molar-refractivity contribution in [2.45, 2.75) is 12.7 Å². The second kappa shape index (κ2) is 7.04. The summed E-state index contributed by atoms with van der Waals surface area (Å²) in [6, 6.07) is 13.0. The first-order valence-electron chi connectivity index (χ1n) is 8.13. The first-order chi connectivity index (χ1) is 13.4. The normalized spacial score (nSPS) is 11.7. The molecule has 0 atom stereocenters. The van der Waals surface area contributed by atoms with Gasteiger partial charge in [-0.25, -0.2) is 4.98 Å². The van der Waals surface area contributed by atoms with Crippen LogP contribution in [0.1, 0.15) is 21.2 Å². The van der Waals surface area contributed by atoms with Gasteiger partial charge in [-0.1, -0.05) is 36.4 Å². The number of carbonyl (C=O) groups is 1. The van der Waals surface area contributed by atoms with E-state index in [4.69, 9.17) is 0 Å². The SMILES string of the molecule is O=C(NCc1cccs1)c1nc2nc(-c3ccccc3)cc(C(F)(F)F)n2n1. The maximum Gasteiger partial charge on any atom is 0.433 e. The predicted octanol–water partition coefficient (Wildman–Crippen LogP) is 3.80. The molecule has 142 valence electrons. The zero-order valence-electron chi connectivity index (χ0n) is 14.1. The Morgan fingerprint density at radius 3 is 2.57 bits per heavy atom. The number of rotatable bonds is 4. The van der Waals surface area contributed by atoms with E-state index < -0.39 is 17.8 Å². The lowest BCUT2D eigenvalue weighted by atomic mass is 10.1. The minimum atomic E-state index is -4.69. The van der Waals surface area contributed by atoms with Crippen LogP contribution in [-0.4, -0.2) is 25.5 Å². The fourth-order valence-corrected chi connectivity index (χ4v) is 3.23. The number of carbonyl (C=O) groups excluding carboxylic acids is 1. The molecule has 0 aliphatic carbocycles. The number of nitrogens with one attached hydrogen (secondary N) is 1. The molecular formula is C18H12F3N5OS. The average Bonchev–Trinajstić information content (AvgIpc) is 3.34. The molecule has 0 aliphatic heterocycles. The fraction of sp³-hybridized carbons (Fsp3) is 0.111. The van der Waals surface area contributed by atoms with Crippen molar-refractivity contribution in [2.24, 2.45) is 0 Å². The summed E-state index contributed by atoms with van der Waals surface area (Å²) in [4.78, 5) is 21.2. The van der Waals surface area contributed by atoms with Crippen molar-refractivity contribution in [1.29, 1.82) is 0 Å². The van der Waals surface area contributed by atoms with Crippen LogP contribution in [0.2, 0.25) is 0 Å². The Morgan fingerprint density at radius 1 is 1.11 bits per heavy atom. The molecule has 10 heteroatoms. The van der Waals surface area contributed by atoms with Gasteiger partial charge in [0, 0.05) is 10.4 Å². The van der Waals surface area contributed by atoms with E-state index in [-0.39, 0.29) is 23.8 Å². The lowest BCUT2D eigenvalue weighted by Crippen LogP contribution is -2.23. The van der Waals surface area contributed by atoms with Crippen LogP contribution < -0.4 is 5.32 Å². The lowest BCUT2D eigenvalue weighted by Gasteiger charge is -2.10. The Hall–Kier alpha value is -3.27. The molecule has 3 aromatic heterocycles. The van der Waals surface area contributed by atoms with E-state index >= 15 is 0 Å². The predicted molar refractivity (Wildman–Crippen MR) is 96.7 cm³/mol. The van der Waals surface area contributed by atoms with Crippen LogP contribution in [-0.2, 0) is 12.7 Å². The maximum absolute atomic E-state index is 13.5. The molecule has 1 N–H and O–H groups in total. The van der Waals surface area contributed by atoms with E-state index in [1.165, 1.54) is 11.3 Å². The van der Waals surface area contributed by atoms with Crippen LogP contribution in [0.4, 0.5) is 13.2 Å². The van der Waals surface area contributed by atoms with Crippen molar-refractivity contribution in [3.63, 3.8) is 0 Å². The summed E-state index contributed by atoms with van der Waals surface area (Å²) >= 11 is 1.45. The summed E-state index contributed by atoms with van der Waals surface area (Å²) in [5, 5.41) is 8.18. The molecule has 6 nitrogen and oxygen atoms in total. The molecule has 0 spiro atoms. The molecule has 3 heterocycles. The first kappa shape index (κ1) is 18.1. The summed E-state index contributed by atoms with van der Waals surface area (Å²) in [5.74, 6) is -1.34. The summed E-state index contributed by atoms with van der Waals surface area (Å²) in [6.07, 6.45) is -4.69. The number of nitrogens with zero attached hydrogens (tertiary/aromatic N) is 4. The third-order valence-electron chi connectivity index (χ3n) is 3.88. The zero-order chi connectivity index (χ0) is 19.7. The number of halogens is 3. The summed E-state index contributed by atoms with van der Waals surface area (Å²) in [5.41, 5.74) is -0.457. The molecular weight excluding hydrogens is 391 g/mol. The van der Waals surface area contributed by atoms with Crippen molar-refractivity contribution in [3.05, 3.63) is 70.3 Å². The number of thiophene rings is 1.